The summed E-state index contributed by atoms with van der Waals surface area (Å²) in [7, 11) is 0. The molecule has 4 nitrogen and oxygen atoms in total. The third kappa shape index (κ3) is 5.43. The van der Waals surface area contributed by atoms with Crippen LogP contribution in [-0.4, -0.2) is 42.5 Å². The Kier molecular flexibility index (Phi) is 6.87. The van der Waals surface area contributed by atoms with Crippen LogP contribution in [0.2, 0.25) is 5.02 Å². The van der Waals surface area contributed by atoms with Crippen molar-refractivity contribution in [1.29, 1.82) is 0 Å². The second-order valence-electron chi connectivity index (χ2n) is 5.34. The average molecular weight is 336 g/mol. The monoisotopic (exact) mass is 335 g/mol. The van der Waals surface area contributed by atoms with Gasteiger partial charge in [0.05, 0.1) is 17.3 Å². The van der Waals surface area contributed by atoms with Crippen molar-refractivity contribution in [3.8, 4) is 0 Å². The van der Waals surface area contributed by atoms with Gasteiger partial charge in [0.15, 0.2) is 0 Å². The molecule has 118 valence electrons. The lowest BCUT2D eigenvalue weighted by atomic mass is 10.1. The van der Waals surface area contributed by atoms with E-state index in [0.29, 0.717) is 24.3 Å². The molecule has 1 amide bonds. The number of carbonyl (C=O) groups is 1. The molecule has 1 aromatic rings. The van der Waals surface area contributed by atoms with Crippen molar-refractivity contribution in [3.63, 3.8) is 0 Å². The number of anilines is 1. The second kappa shape index (κ2) is 7.94. The topological polar surface area (TPSA) is 44.4 Å². The summed E-state index contributed by atoms with van der Waals surface area (Å²) < 4.78 is 12.9. The molecule has 0 spiro atoms. The Hall–Kier alpha value is -0.880. The summed E-state index contributed by atoms with van der Waals surface area (Å²) in [6.07, 6.45) is 0. The zero-order valence-corrected chi connectivity index (χ0v) is 13.6. The molecule has 0 bridgehead atoms. The van der Waals surface area contributed by atoms with Crippen LogP contribution in [0.1, 0.15) is 13.8 Å². The summed E-state index contributed by atoms with van der Waals surface area (Å²) in [6.45, 7) is 6.16. The van der Waals surface area contributed by atoms with Gasteiger partial charge in [0.2, 0.25) is 5.91 Å². The first-order valence-electron chi connectivity index (χ1n) is 6.67. The predicted octanol–water partition coefficient (Wildman–Crippen LogP) is 2.52. The van der Waals surface area contributed by atoms with Gasteiger partial charge in [0.1, 0.15) is 5.82 Å². The summed E-state index contributed by atoms with van der Waals surface area (Å²) in [5.41, 5.74) is 0.439. The standard InChI is InChI=1S/C14H19ClFN3O.ClH/c1-9-6-19(7-10(2)17-9)8-14(20)18-13-4-3-11(16)5-12(13)15;/h3-5,9-10,17H,6-8H2,1-2H3,(H,18,20);1H. The maximum absolute atomic E-state index is 12.9. The van der Waals surface area contributed by atoms with E-state index in [2.05, 4.69) is 29.4 Å². The van der Waals surface area contributed by atoms with Gasteiger partial charge in [-0.25, -0.2) is 4.39 Å². The normalized spacial score (nSPS) is 22.5. The highest BCUT2D eigenvalue weighted by molar-refractivity contribution is 6.33. The summed E-state index contributed by atoms with van der Waals surface area (Å²) in [5.74, 6) is -0.558. The largest absolute Gasteiger partial charge is 0.324 e. The molecule has 1 aliphatic rings. The molecule has 0 aliphatic carbocycles. The van der Waals surface area contributed by atoms with Gasteiger partial charge >= 0.3 is 0 Å². The van der Waals surface area contributed by atoms with Crippen molar-refractivity contribution in [1.82, 2.24) is 10.2 Å². The first-order chi connectivity index (χ1) is 9.44. The Balaban J connectivity index is 0.00000220. The van der Waals surface area contributed by atoms with Crippen LogP contribution in [0, 0.1) is 5.82 Å². The minimum absolute atomic E-state index is 0. The van der Waals surface area contributed by atoms with Crippen LogP contribution in [0.15, 0.2) is 18.2 Å². The van der Waals surface area contributed by atoms with Crippen molar-refractivity contribution >= 4 is 35.6 Å². The Morgan fingerprint density at radius 3 is 2.62 bits per heavy atom. The van der Waals surface area contributed by atoms with Gasteiger partial charge in [-0.2, -0.15) is 0 Å². The first-order valence-corrected chi connectivity index (χ1v) is 7.05. The molecule has 1 heterocycles. The highest BCUT2D eigenvalue weighted by atomic mass is 35.5. The van der Waals surface area contributed by atoms with E-state index in [1.165, 1.54) is 18.2 Å². The number of nitrogens with one attached hydrogen (secondary N) is 2. The van der Waals surface area contributed by atoms with Crippen LogP contribution in [0.25, 0.3) is 0 Å². The fraction of sp³-hybridized carbons (Fsp3) is 0.500. The summed E-state index contributed by atoms with van der Waals surface area (Å²) >= 11 is 5.88. The fourth-order valence-corrected chi connectivity index (χ4v) is 2.77. The van der Waals surface area contributed by atoms with E-state index in [1.807, 2.05) is 0 Å². The number of nitrogens with zero attached hydrogens (tertiary/aromatic N) is 1. The zero-order chi connectivity index (χ0) is 14.7. The molecular weight excluding hydrogens is 316 g/mol. The molecule has 2 atom stereocenters. The molecule has 1 saturated heterocycles. The maximum Gasteiger partial charge on any atom is 0.238 e. The van der Waals surface area contributed by atoms with Crippen molar-refractivity contribution in [2.75, 3.05) is 25.0 Å². The third-order valence-corrected chi connectivity index (χ3v) is 3.52. The van der Waals surface area contributed by atoms with Gasteiger partial charge in [-0.05, 0) is 32.0 Å². The van der Waals surface area contributed by atoms with E-state index in [0.717, 1.165) is 13.1 Å². The smallest absolute Gasteiger partial charge is 0.238 e. The number of amides is 1. The van der Waals surface area contributed by atoms with Gasteiger partial charge in [-0.15, -0.1) is 12.4 Å². The van der Waals surface area contributed by atoms with Crippen molar-refractivity contribution in [2.45, 2.75) is 25.9 Å². The summed E-state index contributed by atoms with van der Waals surface area (Å²) in [5, 5.41) is 6.33. The van der Waals surface area contributed by atoms with E-state index >= 15 is 0 Å². The van der Waals surface area contributed by atoms with Gasteiger partial charge < -0.3 is 10.6 Å². The number of piperazine rings is 1. The number of hydrogen-bond acceptors (Lipinski definition) is 3. The quantitative estimate of drug-likeness (QED) is 0.892. The molecule has 1 fully saturated rings. The Morgan fingerprint density at radius 2 is 2.05 bits per heavy atom. The van der Waals surface area contributed by atoms with E-state index in [9.17, 15) is 9.18 Å². The molecule has 0 aromatic heterocycles. The fourth-order valence-electron chi connectivity index (χ4n) is 2.55. The minimum Gasteiger partial charge on any atom is -0.324 e. The van der Waals surface area contributed by atoms with E-state index in [-0.39, 0.29) is 23.3 Å². The van der Waals surface area contributed by atoms with Crippen molar-refractivity contribution < 1.29 is 9.18 Å². The van der Waals surface area contributed by atoms with Gasteiger partial charge in [0.25, 0.3) is 0 Å². The molecule has 7 heteroatoms. The number of rotatable bonds is 3. The number of benzene rings is 1. The Labute approximate surface area is 135 Å². The highest BCUT2D eigenvalue weighted by Crippen LogP contribution is 2.22. The Bertz CT molecular complexity index is 491. The van der Waals surface area contributed by atoms with Gasteiger partial charge in [0, 0.05) is 25.2 Å². The van der Waals surface area contributed by atoms with Crippen LogP contribution in [0.3, 0.4) is 0 Å². The molecule has 0 radical (unpaired) electrons. The highest BCUT2D eigenvalue weighted by Gasteiger charge is 2.22. The van der Waals surface area contributed by atoms with Gasteiger partial charge in [-0.1, -0.05) is 11.6 Å². The molecule has 21 heavy (non-hydrogen) atoms. The van der Waals surface area contributed by atoms with Crippen molar-refractivity contribution in [2.24, 2.45) is 0 Å². The molecule has 0 saturated carbocycles. The number of carbonyl (C=O) groups excluding carboxylic acids is 1. The van der Waals surface area contributed by atoms with Crippen molar-refractivity contribution in [3.05, 3.63) is 29.0 Å². The predicted molar refractivity (Wildman–Crippen MR) is 85.8 cm³/mol. The zero-order valence-electron chi connectivity index (χ0n) is 12.0. The molecular formula is C14H20Cl2FN3O. The number of halogens is 3. The van der Waals surface area contributed by atoms with Crippen LogP contribution in [0.4, 0.5) is 10.1 Å². The molecule has 1 aliphatic heterocycles. The molecule has 2 unspecified atom stereocenters. The molecule has 2 rings (SSSR count). The van der Waals surface area contributed by atoms with E-state index in [4.69, 9.17) is 11.6 Å². The lowest BCUT2D eigenvalue weighted by Crippen LogP contribution is -2.55. The lowest BCUT2D eigenvalue weighted by molar-refractivity contribution is -0.117. The molecule has 2 N–H and O–H groups in total. The van der Waals surface area contributed by atoms with E-state index in [1.54, 1.807) is 0 Å². The van der Waals surface area contributed by atoms with E-state index < -0.39 is 5.82 Å². The summed E-state index contributed by atoms with van der Waals surface area (Å²) in [4.78, 5) is 14.1. The first kappa shape index (κ1) is 18.2. The third-order valence-electron chi connectivity index (χ3n) is 3.21. The summed E-state index contributed by atoms with van der Waals surface area (Å²) in [6, 6.07) is 4.66. The lowest BCUT2D eigenvalue weighted by Gasteiger charge is -2.35. The van der Waals surface area contributed by atoms with Crippen LogP contribution in [-0.2, 0) is 4.79 Å². The molecule has 1 aromatic carbocycles. The Morgan fingerprint density at radius 1 is 1.43 bits per heavy atom. The van der Waals surface area contributed by atoms with Crippen LogP contribution < -0.4 is 10.6 Å². The average Bonchev–Trinajstić information content (AvgIpc) is 2.31. The van der Waals surface area contributed by atoms with Gasteiger partial charge in [-0.3, -0.25) is 9.69 Å². The maximum atomic E-state index is 12.9. The number of hydrogen-bond donors (Lipinski definition) is 2. The minimum atomic E-state index is -0.419. The van der Waals surface area contributed by atoms with Crippen LogP contribution >= 0.6 is 24.0 Å². The second-order valence-corrected chi connectivity index (χ2v) is 5.74. The van der Waals surface area contributed by atoms with Crippen LogP contribution in [0.5, 0.6) is 0 Å². The SMILES string of the molecule is CC1CN(CC(=O)Nc2ccc(F)cc2Cl)CC(C)N1.Cl.